The number of benzene rings is 1. The summed E-state index contributed by atoms with van der Waals surface area (Å²) in [5.74, 6) is 0.967. The van der Waals surface area contributed by atoms with Crippen LogP contribution in [0.3, 0.4) is 0 Å². The quantitative estimate of drug-likeness (QED) is 0.286. The Kier molecular flexibility index (Phi) is 10.8. The van der Waals surface area contributed by atoms with Gasteiger partial charge < -0.3 is 20.0 Å². The van der Waals surface area contributed by atoms with Gasteiger partial charge in [-0.2, -0.15) is 5.26 Å². The van der Waals surface area contributed by atoms with Crippen LogP contribution in [-0.4, -0.2) is 52.4 Å². The molecule has 0 saturated carbocycles. The Labute approximate surface area is 240 Å². The number of likely N-dealkylation sites (tertiary alicyclic amines) is 1. The van der Waals surface area contributed by atoms with Gasteiger partial charge in [-0.3, -0.25) is 4.90 Å². The van der Waals surface area contributed by atoms with Gasteiger partial charge in [0.15, 0.2) is 0 Å². The van der Waals surface area contributed by atoms with E-state index in [1.54, 1.807) is 17.7 Å². The van der Waals surface area contributed by atoms with Gasteiger partial charge in [-0.05, 0) is 55.5 Å². The second kappa shape index (κ2) is 14.3. The molecule has 1 saturated heterocycles. The highest BCUT2D eigenvalue weighted by Gasteiger charge is 2.22. The third-order valence-corrected chi connectivity index (χ3v) is 8.52. The van der Waals surface area contributed by atoms with Crippen molar-refractivity contribution in [2.24, 2.45) is 0 Å². The van der Waals surface area contributed by atoms with Crippen molar-refractivity contribution < 1.29 is 4.79 Å². The first-order valence-corrected chi connectivity index (χ1v) is 14.0. The second-order valence-electron chi connectivity index (χ2n) is 9.57. The number of nitrogens with one attached hydrogen (secondary N) is 2. The van der Waals surface area contributed by atoms with Gasteiger partial charge in [-0.15, -0.1) is 24.2 Å². The lowest BCUT2D eigenvalue weighted by Crippen LogP contribution is -2.39. The average Bonchev–Trinajstić information content (AvgIpc) is 3.59. The van der Waals surface area contributed by atoms with E-state index >= 15 is 0 Å². The van der Waals surface area contributed by atoms with Crippen molar-refractivity contribution in [1.82, 2.24) is 24.8 Å². The number of piperidine rings is 1. The predicted molar refractivity (Wildman–Crippen MR) is 165 cm³/mol. The van der Waals surface area contributed by atoms with Gasteiger partial charge in [0.2, 0.25) is 0 Å². The molecule has 0 bridgehead atoms. The van der Waals surface area contributed by atoms with Crippen LogP contribution in [-0.2, 0) is 24.3 Å². The van der Waals surface area contributed by atoms with Gasteiger partial charge in [-0.1, -0.05) is 19.6 Å². The van der Waals surface area contributed by atoms with Crippen LogP contribution in [0.1, 0.15) is 41.5 Å². The van der Waals surface area contributed by atoms with Gasteiger partial charge in [0, 0.05) is 54.2 Å². The molecular weight excluding hydrogens is 518 g/mol. The number of aromatic nitrogens is 3. The fourth-order valence-electron chi connectivity index (χ4n) is 5.09. The first-order chi connectivity index (χ1) is 19.5. The number of nitrogens with zero attached hydrogens (tertiary/aromatic N) is 5. The zero-order valence-corrected chi connectivity index (χ0v) is 24.4. The van der Waals surface area contributed by atoms with Crippen LogP contribution in [0, 0.1) is 31.1 Å². The number of carbonyl (C=O) groups excluding carboxylic acids is 1. The van der Waals surface area contributed by atoms with Crippen LogP contribution < -0.4 is 10.6 Å². The summed E-state index contributed by atoms with van der Waals surface area (Å²) >= 11 is 1.76. The van der Waals surface area contributed by atoms with Crippen molar-refractivity contribution in [3.05, 3.63) is 64.6 Å². The number of allylic oxidation sites excluding steroid dienone is 1. The van der Waals surface area contributed by atoms with E-state index in [0.717, 1.165) is 71.5 Å². The lowest BCUT2D eigenvalue weighted by atomic mass is 10.0. The summed E-state index contributed by atoms with van der Waals surface area (Å²) in [4.78, 5) is 22.0. The number of rotatable bonds is 8. The number of nitriles is 1. The standard InChI is InChI=1S/C28H33N7S.C2H2.CH2O/c1-5-23-13-25-27(31-17-32-28(25)36-23)33-21-8-10-34(11-9-21)16-20-6-7-26-24(19(20)3)12-22(14-29)35(26)15-18(2)30-4;2*1-2/h6-7,12-13,17,21,30H,2,5,8-11,15-16H2,1,3-4H3,(H,31,32,33);1-2H;1H2. The van der Waals surface area contributed by atoms with E-state index in [0.29, 0.717) is 18.3 Å². The Balaban J connectivity index is 0.00000106. The van der Waals surface area contributed by atoms with Gasteiger partial charge in [0.1, 0.15) is 35.5 Å². The minimum Gasteiger partial charge on any atom is -0.390 e. The molecule has 0 atom stereocenters. The van der Waals surface area contributed by atoms with Gasteiger partial charge in [-0.25, -0.2) is 9.97 Å². The molecule has 1 aromatic carbocycles. The van der Waals surface area contributed by atoms with Crippen LogP contribution in [0.4, 0.5) is 5.82 Å². The molecule has 208 valence electrons. The number of carbonyl (C=O) groups is 1. The molecule has 8 nitrogen and oxygen atoms in total. The van der Waals surface area contributed by atoms with Crippen molar-refractivity contribution in [3.8, 4) is 18.9 Å². The molecule has 9 heteroatoms. The molecule has 1 aliphatic rings. The fraction of sp³-hybridized carbons (Fsp3) is 0.355. The molecule has 1 fully saturated rings. The van der Waals surface area contributed by atoms with Crippen LogP contribution in [0.15, 0.2) is 42.9 Å². The minimum atomic E-state index is 0.417. The number of hydrogen-bond donors (Lipinski definition) is 2. The Morgan fingerprint density at radius 3 is 2.58 bits per heavy atom. The van der Waals surface area contributed by atoms with E-state index in [-0.39, 0.29) is 0 Å². The Bertz CT molecular complexity index is 1520. The van der Waals surface area contributed by atoms with E-state index in [1.165, 1.54) is 16.0 Å². The first kappa shape index (κ1) is 30.4. The molecule has 0 aliphatic carbocycles. The zero-order valence-electron chi connectivity index (χ0n) is 23.5. The summed E-state index contributed by atoms with van der Waals surface area (Å²) in [6.45, 7) is 14.0. The molecule has 4 heterocycles. The number of fused-ring (bicyclic) bond motifs is 2. The lowest BCUT2D eigenvalue weighted by Gasteiger charge is -2.33. The SMILES string of the molecule is C#C.C=C(Cn1c(C#N)cc2c(C)c(CN3CCC(Nc4ncnc5sc(CC)cc45)CC3)ccc21)NC.C=O. The smallest absolute Gasteiger partial charge is 0.138 e. The average molecular weight is 556 g/mol. The van der Waals surface area contributed by atoms with E-state index in [2.05, 4.69) is 83.0 Å². The van der Waals surface area contributed by atoms with E-state index < -0.39 is 0 Å². The van der Waals surface area contributed by atoms with Crippen LogP contribution in [0.2, 0.25) is 0 Å². The Morgan fingerprint density at radius 1 is 1.20 bits per heavy atom. The molecule has 40 heavy (non-hydrogen) atoms. The molecule has 0 unspecified atom stereocenters. The minimum absolute atomic E-state index is 0.417. The Hall–Kier alpha value is -4.18. The number of likely N-dealkylation sites (N-methyl/N-ethyl adjacent to an activating group) is 1. The van der Waals surface area contributed by atoms with Crippen LogP contribution >= 0.6 is 11.3 Å². The maximum atomic E-state index is 9.69. The van der Waals surface area contributed by atoms with Crippen molar-refractivity contribution in [2.75, 3.05) is 25.5 Å². The molecular formula is C31H37N7OS. The fourth-order valence-corrected chi connectivity index (χ4v) is 6.02. The third kappa shape index (κ3) is 6.51. The van der Waals surface area contributed by atoms with E-state index in [9.17, 15) is 5.26 Å². The summed E-state index contributed by atoms with van der Waals surface area (Å²) < 4.78 is 2.04. The Morgan fingerprint density at radius 2 is 1.93 bits per heavy atom. The van der Waals surface area contributed by atoms with Gasteiger partial charge >= 0.3 is 0 Å². The number of aryl methyl sites for hydroxylation is 2. The number of thiophene rings is 1. The highest BCUT2D eigenvalue weighted by atomic mass is 32.1. The molecule has 0 amide bonds. The molecule has 1 aliphatic heterocycles. The van der Waals surface area contributed by atoms with Crippen molar-refractivity contribution in [3.63, 3.8) is 0 Å². The number of anilines is 1. The third-order valence-electron chi connectivity index (χ3n) is 7.34. The van der Waals surface area contributed by atoms with E-state index in [1.807, 2.05) is 24.5 Å². The normalized spacial score (nSPS) is 13.5. The molecule has 0 spiro atoms. The maximum Gasteiger partial charge on any atom is 0.138 e. The molecule has 4 aromatic rings. The summed E-state index contributed by atoms with van der Waals surface area (Å²) in [6.07, 6.45) is 12.9. The molecule has 2 N–H and O–H groups in total. The lowest BCUT2D eigenvalue weighted by molar-refractivity contribution is -0.0980. The molecule has 3 aromatic heterocycles. The van der Waals surface area contributed by atoms with E-state index in [4.69, 9.17) is 4.79 Å². The second-order valence-corrected chi connectivity index (χ2v) is 10.7. The summed E-state index contributed by atoms with van der Waals surface area (Å²) in [6, 6.07) is 11.4. The summed E-state index contributed by atoms with van der Waals surface area (Å²) in [7, 11) is 1.86. The zero-order chi connectivity index (χ0) is 29.2. The summed E-state index contributed by atoms with van der Waals surface area (Å²) in [5.41, 5.74) is 5.22. The summed E-state index contributed by atoms with van der Waals surface area (Å²) in [5, 5.41) is 18.8. The molecule has 5 rings (SSSR count). The first-order valence-electron chi connectivity index (χ1n) is 13.2. The van der Waals surface area contributed by atoms with Crippen LogP contribution in [0.25, 0.3) is 21.1 Å². The highest BCUT2D eigenvalue weighted by Crippen LogP contribution is 2.31. The van der Waals surface area contributed by atoms with Gasteiger partial charge in [0.05, 0.1) is 11.9 Å². The van der Waals surface area contributed by atoms with Crippen molar-refractivity contribution in [2.45, 2.75) is 52.2 Å². The van der Waals surface area contributed by atoms with Crippen LogP contribution in [0.5, 0.6) is 0 Å². The highest BCUT2D eigenvalue weighted by molar-refractivity contribution is 7.18. The largest absolute Gasteiger partial charge is 0.390 e. The van der Waals surface area contributed by atoms with Crippen molar-refractivity contribution >= 4 is 45.1 Å². The topological polar surface area (TPSA) is 98.9 Å². The van der Waals surface area contributed by atoms with Crippen molar-refractivity contribution in [1.29, 1.82) is 5.26 Å². The number of hydrogen-bond acceptors (Lipinski definition) is 8. The van der Waals surface area contributed by atoms with Gasteiger partial charge in [0.25, 0.3) is 0 Å². The maximum absolute atomic E-state index is 9.69. The molecule has 0 radical (unpaired) electrons. The monoisotopic (exact) mass is 555 g/mol. The number of terminal acetylenes is 1. The predicted octanol–water partition coefficient (Wildman–Crippen LogP) is 5.26.